The quantitative estimate of drug-likeness (QED) is 0.854. The summed E-state index contributed by atoms with van der Waals surface area (Å²) in [6.07, 6.45) is 6.50. The van der Waals surface area contributed by atoms with Crippen molar-refractivity contribution in [3.63, 3.8) is 0 Å². The number of amides is 1. The third-order valence-electron chi connectivity index (χ3n) is 4.24. The van der Waals surface area contributed by atoms with Crippen LogP contribution in [0.3, 0.4) is 0 Å². The summed E-state index contributed by atoms with van der Waals surface area (Å²) in [7, 11) is 0. The van der Waals surface area contributed by atoms with Crippen LogP contribution in [-0.2, 0) is 0 Å². The molecule has 0 radical (unpaired) electrons. The molecule has 1 amide bonds. The van der Waals surface area contributed by atoms with Crippen molar-refractivity contribution in [2.75, 3.05) is 18.0 Å². The Morgan fingerprint density at radius 1 is 1.45 bits per heavy atom. The fourth-order valence-electron chi connectivity index (χ4n) is 3.21. The van der Waals surface area contributed by atoms with Crippen LogP contribution in [0.5, 0.6) is 0 Å². The summed E-state index contributed by atoms with van der Waals surface area (Å²) in [6, 6.07) is 4.17. The van der Waals surface area contributed by atoms with E-state index in [2.05, 4.69) is 16.8 Å². The smallest absolute Gasteiger partial charge is 0.267 e. The Bertz CT molecular complexity index is 463. The van der Waals surface area contributed by atoms with Gasteiger partial charge in [-0.2, -0.15) is 0 Å². The minimum Gasteiger partial charge on any atom is -0.368 e. The van der Waals surface area contributed by atoms with Crippen LogP contribution in [-0.4, -0.2) is 30.0 Å². The highest BCUT2D eigenvalue weighted by Crippen LogP contribution is 2.31. The largest absolute Gasteiger partial charge is 0.368 e. The highest BCUT2D eigenvalue weighted by atomic mass is 16.1. The van der Waals surface area contributed by atoms with Gasteiger partial charge in [-0.3, -0.25) is 9.78 Å². The highest BCUT2D eigenvalue weighted by molar-refractivity contribution is 5.91. The molecule has 1 aliphatic carbocycles. The summed E-state index contributed by atoms with van der Waals surface area (Å²) in [5.41, 5.74) is 12.6. The molecule has 2 atom stereocenters. The van der Waals surface area contributed by atoms with Crippen LogP contribution in [0.2, 0.25) is 0 Å². The Hall–Kier alpha value is -1.62. The number of anilines is 1. The van der Waals surface area contributed by atoms with Gasteiger partial charge in [-0.25, -0.2) is 0 Å². The number of aromatic nitrogens is 1. The lowest BCUT2D eigenvalue weighted by Crippen LogP contribution is -2.45. The van der Waals surface area contributed by atoms with E-state index in [9.17, 15) is 4.79 Å². The van der Waals surface area contributed by atoms with Gasteiger partial charge in [0.15, 0.2) is 0 Å². The van der Waals surface area contributed by atoms with Gasteiger partial charge in [0.2, 0.25) is 0 Å². The Morgan fingerprint density at radius 2 is 2.20 bits per heavy atom. The van der Waals surface area contributed by atoms with Gasteiger partial charge in [0, 0.05) is 24.5 Å². The van der Waals surface area contributed by atoms with Crippen molar-refractivity contribution in [3.05, 3.63) is 24.0 Å². The van der Waals surface area contributed by atoms with Gasteiger partial charge in [-0.1, -0.05) is 12.8 Å². The number of rotatable bonds is 5. The number of nitrogens with two attached hydrogens (primary N) is 2. The standard InChI is InChI=1S/C15H24N4O/c1-2-19(14-6-4-3-5-11(14)10-16)12-7-8-18-13(9-12)15(17)20/h7-9,11,14H,2-6,10,16H2,1H3,(H2,17,20). The molecule has 1 aromatic heterocycles. The van der Waals surface area contributed by atoms with E-state index in [0.717, 1.165) is 25.2 Å². The van der Waals surface area contributed by atoms with Crippen LogP contribution in [0, 0.1) is 5.92 Å². The Kier molecular flexibility index (Phi) is 4.95. The van der Waals surface area contributed by atoms with Gasteiger partial charge >= 0.3 is 0 Å². The van der Waals surface area contributed by atoms with Crippen LogP contribution in [0.25, 0.3) is 0 Å². The molecule has 20 heavy (non-hydrogen) atoms. The second kappa shape index (κ2) is 6.70. The lowest BCUT2D eigenvalue weighted by molar-refractivity contribution is 0.0995. The first kappa shape index (κ1) is 14.8. The first-order valence-corrected chi connectivity index (χ1v) is 7.40. The molecule has 4 N–H and O–H groups in total. The molecule has 0 spiro atoms. The van der Waals surface area contributed by atoms with E-state index in [1.165, 1.54) is 19.3 Å². The van der Waals surface area contributed by atoms with Gasteiger partial charge in [0.25, 0.3) is 5.91 Å². The molecule has 0 aliphatic heterocycles. The van der Waals surface area contributed by atoms with Gasteiger partial charge < -0.3 is 16.4 Å². The van der Waals surface area contributed by atoms with Crippen molar-refractivity contribution in [2.45, 2.75) is 38.6 Å². The predicted molar refractivity (Wildman–Crippen MR) is 80.6 cm³/mol. The van der Waals surface area contributed by atoms with E-state index in [1.807, 2.05) is 6.07 Å². The number of carbonyl (C=O) groups excluding carboxylic acids is 1. The first-order chi connectivity index (χ1) is 9.67. The molecule has 1 aliphatic rings. The van der Waals surface area contributed by atoms with E-state index in [4.69, 9.17) is 11.5 Å². The maximum absolute atomic E-state index is 11.3. The number of hydrogen-bond acceptors (Lipinski definition) is 4. The van der Waals surface area contributed by atoms with Crippen LogP contribution < -0.4 is 16.4 Å². The molecule has 1 saturated carbocycles. The van der Waals surface area contributed by atoms with Crippen LogP contribution in [0.15, 0.2) is 18.3 Å². The van der Waals surface area contributed by atoms with Crippen LogP contribution in [0.4, 0.5) is 5.69 Å². The molecule has 0 bridgehead atoms. The Morgan fingerprint density at radius 3 is 2.85 bits per heavy atom. The van der Waals surface area contributed by atoms with Crippen molar-refractivity contribution in [1.29, 1.82) is 0 Å². The number of carbonyl (C=O) groups is 1. The summed E-state index contributed by atoms with van der Waals surface area (Å²) in [6.45, 7) is 3.74. The topological polar surface area (TPSA) is 85.2 Å². The zero-order valence-corrected chi connectivity index (χ0v) is 12.1. The molecule has 2 unspecified atom stereocenters. The molecular weight excluding hydrogens is 252 g/mol. The lowest BCUT2D eigenvalue weighted by Gasteiger charge is -2.40. The van der Waals surface area contributed by atoms with E-state index >= 15 is 0 Å². The van der Waals surface area contributed by atoms with Gasteiger partial charge in [-0.15, -0.1) is 0 Å². The van der Waals surface area contributed by atoms with E-state index in [1.54, 1.807) is 12.3 Å². The molecule has 0 aromatic carbocycles. The summed E-state index contributed by atoms with van der Waals surface area (Å²) < 4.78 is 0. The van der Waals surface area contributed by atoms with Crippen molar-refractivity contribution in [2.24, 2.45) is 17.4 Å². The van der Waals surface area contributed by atoms with Gasteiger partial charge in [0.1, 0.15) is 5.69 Å². The molecule has 110 valence electrons. The summed E-state index contributed by atoms with van der Waals surface area (Å²) in [4.78, 5) is 17.6. The van der Waals surface area contributed by atoms with Crippen LogP contribution >= 0.6 is 0 Å². The monoisotopic (exact) mass is 276 g/mol. The van der Waals surface area contributed by atoms with Crippen molar-refractivity contribution < 1.29 is 4.79 Å². The minimum atomic E-state index is -0.484. The third-order valence-corrected chi connectivity index (χ3v) is 4.24. The second-order valence-corrected chi connectivity index (χ2v) is 5.40. The van der Waals surface area contributed by atoms with Crippen molar-refractivity contribution in [1.82, 2.24) is 4.98 Å². The lowest BCUT2D eigenvalue weighted by atomic mass is 9.83. The fourth-order valence-corrected chi connectivity index (χ4v) is 3.21. The summed E-state index contributed by atoms with van der Waals surface area (Å²) in [5.74, 6) is 0.0378. The molecule has 0 saturated heterocycles. The molecule has 1 heterocycles. The van der Waals surface area contributed by atoms with Crippen LogP contribution in [0.1, 0.15) is 43.1 Å². The zero-order chi connectivity index (χ0) is 14.5. The maximum atomic E-state index is 11.3. The molecule has 5 nitrogen and oxygen atoms in total. The molecule has 1 aromatic rings. The molecule has 5 heteroatoms. The third kappa shape index (κ3) is 3.10. The molecular formula is C15H24N4O. The second-order valence-electron chi connectivity index (χ2n) is 5.40. The minimum absolute atomic E-state index is 0.320. The molecule has 2 rings (SSSR count). The summed E-state index contributed by atoms with van der Waals surface area (Å²) in [5, 5.41) is 0. The van der Waals surface area contributed by atoms with Gasteiger partial charge in [-0.05, 0) is 44.4 Å². The van der Waals surface area contributed by atoms with Gasteiger partial charge in [0.05, 0.1) is 0 Å². The van der Waals surface area contributed by atoms with Crippen molar-refractivity contribution in [3.8, 4) is 0 Å². The predicted octanol–water partition coefficient (Wildman–Crippen LogP) is 1.52. The average molecular weight is 276 g/mol. The number of primary amides is 1. The zero-order valence-electron chi connectivity index (χ0n) is 12.1. The van der Waals surface area contributed by atoms with E-state index in [0.29, 0.717) is 17.7 Å². The maximum Gasteiger partial charge on any atom is 0.267 e. The van der Waals surface area contributed by atoms with Crippen molar-refractivity contribution >= 4 is 11.6 Å². The molecule has 1 fully saturated rings. The number of hydrogen-bond donors (Lipinski definition) is 2. The van der Waals surface area contributed by atoms with E-state index in [-0.39, 0.29) is 0 Å². The number of pyridine rings is 1. The number of nitrogens with zero attached hydrogens (tertiary/aromatic N) is 2. The summed E-state index contributed by atoms with van der Waals surface area (Å²) >= 11 is 0. The Balaban J connectivity index is 2.26. The normalized spacial score (nSPS) is 22.5. The first-order valence-electron chi connectivity index (χ1n) is 7.40. The Labute approximate surface area is 120 Å². The fraction of sp³-hybridized carbons (Fsp3) is 0.600. The van der Waals surface area contributed by atoms with E-state index < -0.39 is 5.91 Å². The highest BCUT2D eigenvalue weighted by Gasteiger charge is 2.29. The SMILES string of the molecule is CCN(c1ccnc(C(N)=O)c1)C1CCCCC1CN. The average Bonchev–Trinajstić information content (AvgIpc) is 2.49.